The number of halogens is 1. The highest BCUT2D eigenvalue weighted by Crippen LogP contribution is 2.20. The van der Waals surface area contributed by atoms with E-state index < -0.39 is 11.8 Å². The number of carboxylic acids is 1. The van der Waals surface area contributed by atoms with Crippen LogP contribution in [0.1, 0.15) is 22.5 Å². The molecule has 3 N–H and O–H groups in total. The first kappa shape index (κ1) is 12.4. The maximum absolute atomic E-state index is 13.1. The number of carbonyl (C=O) groups is 1. The van der Waals surface area contributed by atoms with Crippen molar-refractivity contribution in [3.05, 3.63) is 41.3 Å². The lowest BCUT2D eigenvalue weighted by Gasteiger charge is -2.06. The van der Waals surface area contributed by atoms with Gasteiger partial charge in [-0.25, -0.2) is 9.18 Å². The number of fused-ring (bicyclic) bond motifs is 1. The molecule has 0 fully saturated rings. The van der Waals surface area contributed by atoms with Crippen LogP contribution in [0.4, 0.5) is 4.39 Å². The third-order valence-electron chi connectivity index (χ3n) is 2.69. The zero-order chi connectivity index (χ0) is 13.1. The summed E-state index contributed by atoms with van der Waals surface area (Å²) in [5, 5.41) is 9.47. The monoisotopic (exact) mass is 248 g/mol. The number of hydrogen-bond donors (Lipinski definition) is 2. The van der Waals surface area contributed by atoms with Gasteiger partial charge in [0.15, 0.2) is 0 Å². The third kappa shape index (κ3) is 2.46. The molecule has 0 aliphatic rings. The topological polar surface area (TPSA) is 76.2 Å². The van der Waals surface area contributed by atoms with Crippen molar-refractivity contribution in [1.82, 2.24) is 4.98 Å². The third-order valence-corrected chi connectivity index (χ3v) is 2.69. The highest BCUT2D eigenvalue weighted by molar-refractivity contribution is 6.02. The van der Waals surface area contributed by atoms with Gasteiger partial charge in [0, 0.05) is 11.1 Å². The Labute approximate surface area is 103 Å². The molecular weight excluding hydrogens is 235 g/mol. The van der Waals surface area contributed by atoms with Gasteiger partial charge in [0.25, 0.3) is 0 Å². The Morgan fingerprint density at radius 3 is 2.83 bits per heavy atom. The fourth-order valence-electron chi connectivity index (χ4n) is 1.84. The summed E-state index contributed by atoms with van der Waals surface area (Å²) < 4.78 is 13.1. The van der Waals surface area contributed by atoms with E-state index in [4.69, 9.17) is 10.8 Å². The lowest BCUT2D eigenvalue weighted by molar-refractivity contribution is 0.0699. The average Bonchev–Trinajstić information content (AvgIpc) is 2.35. The molecule has 0 aliphatic heterocycles. The van der Waals surface area contributed by atoms with Gasteiger partial charge in [0.2, 0.25) is 0 Å². The molecule has 0 atom stereocenters. The predicted molar refractivity (Wildman–Crippen MR) is 66.0 cm³/mol. The van der Waals surface area contributed by atoms with Crippen LogP contribution < -0.4 is 5.73 Å². The van der Waals surface area contributed by atoms with E-state index >= 15 is 0 Å². The van der Waals surface area contributed by atoms with Crippen LogP contribution in [0.5, 0.6) is 0 Å². The van der Waals surface area contributed by atoms with E-state index in [1.54, 1.807) is 0 Å². The van der Waals surface area contributed by atoms with Gasteiger partial charge in [-0.1, -0.05) is 0 Å². The number of aryl methyl sites for hydroxylation is 1. The van der Waals surface area contributed by atoms with E-state index in [0.29, 0.717) is 29.6 Å². The zero-order valence-electron chi connectivity index (χ0n) is 9.69. The van der Waals surface area contributed by atoms with Crippen molar-refractivity contribution in [2.45, 2.75) is 12.8 Å². The summed E-state index contributed by atoms with van der Waals surface area (Å²) in [7, 11) is 0. The Bertz CT molecular complexity index is 599. The van der Waals surface area contributed by atoms with Gasteiger partial charge in [0.05, 0.1) is 11.1 Å². The normalized spacial score (nSPS) is 10.8. The van der Waals surface area contributed by atoms with E-state index in [0.717, 1.165) is 6.42 Å². The number of hydrogen-bond acceptors (Lipinski definition) is 3. The largest absolute Gasteiger partial charge is 0.478 e. The smallest absolute Gasteiger partial charge is 0.336 e. The Kier molecular flexibility index (Phi) is 3.53. The quantitative estimate of drug-likeness (QED) is 0.867. The minimum absolute atomic E-state index is 0.0755. The molecule has 1 aromatic carbocycles. The maximum atomic E-state index is 13.1. The number of aromatic nitrogens is 1. The Morgan fingerprint density at radius 2 is 2.17 bits per heavy atom. The molecule has 0 amide bonds. The Morgan fingerprint density at radius 1 is 1.39 bits per heavy atom. The molecule has 1 aromatic heterocycles. The number of nitrogens with zero attached hydrogens (tertiary/aromatic N) is 1. The first-order valence-electron chi connectivity index (χ1n) is 5.64. The lowest BCUT2D eigenvalue weighted by atomic mass is 10.1. The number of carboxylic acid groups (broad SMARTS) is 1. The Balaban J connectivity index is 2.59. The summed E-state index contributed by atoms with van der Waals surface area (Å²) in [5.41, 5.74) is 6.64. The van der Waals surface area contributed by atoms with Crippen LogP contribution >= 0.6 is 0 Å². The summed E-state index contributed by atoms with van der Waals surface area (Å²) in [6.45, 7) is 0.519. The highest BCUT2D eigenvalue weighted by atomic mass is 19.1. The molecule has 1 heterocycles. The van der Waals surface area contributed by atoms with E-state index in [2.05, 4.69) is 4.98 Å². The lowest BCUT2D eigenvalue weighted by Crippen LogP contribution is -2.05. The van der Waals surface area contributed by atoms with Gasteiger partial charge >= 0.3 is 5.97 Å². The first-order valence-corrected chi connectivity index (χ1v) is 5.64. The van der Waals surface area contributed by atoms with Crippen LogP contribution in [0.25, 0.3) is 10.9 Å². The number of benzene rings is 1. The van der Waals surface area contributed by atoms with Gasteiger partial charge < -0.3 is 10.8 Å². The second-order valence-electron chi connectivity index (χ2n) is 4.02. The molecule has 0 unspecified atom stereocenters. The zero-order valence-corrected chi connectivity index (χ0v) is 9.69. The summed E-state index contributed by atoms with van der Waals surface area (Å²) in [4.78, 5) is 15.5. The van der Waals surface area contributed by atoms with Gasteiger partial charge in [-0.2, -0.15) is 0 Å². The molecular formula is C13H13FN2O2. The molecule has 18 heavy (non-hydrogen) atoms. The van der Waals surface area contributed by atoms with Gasteiger partial charge in [0.1, 0.15) is 5.82 Å². The molecule has 4 nitrogen and oxygen atoms in total. The predicted octanol–water partition coefficient (Wildman–Crippen LogP) is 1.96. The first-order chi connectivity index (χ1) is 8.61. The van der Waals surface area contributed by atoms with Crippen molar-refractivity contribution in [3.8, 4) is 0 Å². The number of aromatic carboxylic acids is 1. The number of nitrogens with two attached hydrogens (primary N) is 1. The second-order valence-corrected chi connectivity index (χ2v) is 4.02. The minimum atomic E-state index is -1.08. The molecule has 0 saturated carbocycles. The standard InChI is InChI=1S/C13H13FN2O2/c14-8-3-4-12-10(6-8)11(13(17)18)7-9(16-12)2-1-5-15/h3-4,6-7H,1-2,5,15H2,(H,17,18). The molecule has 2 aromatic rings. The van der Waals surface area contributed by atoms with Gasteiger partial charge in [-0.3, -0.25) is 4.98 Å². The minimum Gasteiger partial charge on any atom is -0.478 e. The van der Waals surface area contributed by atoms with E-state index in [1.807, 2.05) is 0 Å². The second kappa shape index (κ2) is 5.10. The fourth-order valence-corrected chi connectivity index (χ4v) is 1.84. The van der Waals surface area contributed by atoms with Crippen LogP contribution in [0.2, 0.25) is 0 Å². The molecule has 94 valence electrons. The van der Waals surface area contributed by atoms with Crippen LogP contribution in [0.15, 0.2) is 24.3 Å². The van der Waals surface area contributed by atoms with Gasteiger partial charge in [-0.15, -0.1) is 0 Å². The van der Waals surface area contributed by atoms with Crippen molar-refractivity contribution in [3.63, 3.8) is 0 Å². The summed E-state index contributed by atoms with van der Waals surface area (Å²) in [6, 6.07) is 5.44. The SMILES string of the molecule is NCCCc1cc(C(=O)O)c2cc(F)ccc2n1. The summed E-state index contributed by atoms with van der Waals surface area (Å²) in [6.07, 6.45) is 1.35. The van der Waals surface area contributed by atoms with Crippen LogP contribution in [0, 0.1) is 5.82 Å². The van der Waals surface area contributed by atoms with Crippen molar-refractivity contribution in [1.29, 1.82) is 0 Å². The number of rotatable bonds is 4. The molecule has 0 bridgehead atoms. The summed E-state index contributed by atoms with van der Waals surface area (Å²) >= 11 is 0. The van der Waals surface area contributed by atoms with E-state index in [1.165, 1.54) is 24.3 Å². The molecule has 5 heteroatoms. The molecule has 2 rings (SSSR count). The van der Waals surface area contributed by atoms with Crippen molar-refractivity contribution < 1.29 is 14.3 Å². The molecule has 0 spiro atoms. The highest BCUT2D eigenvalue weighted by Gasteiger charge is 2.12. The Hall–Kier alpha value is -2.01. The van der Waals surface area contributed by atoms with E-state index in [9.17, 15) is 9.18 Å². The van der Waals surface area contributed by atoms with Crippen LogP contribution in [-0.4, -0.2) is 22.6 Å². The van der Waals surface area contributed by atoms with Crippen molar-refractivity contribution in [2.75, 3.05) is 6.54 Å². The fraction of sp³-hybridized carbons (Fsp3) is 0.231. The van der Waals surface area contributed by atoms with Crippen LogP contribution in [-0.2, 0) is 6.42 Å². The van der Waals surface area contributed by atoms with Crippen LogP contribution in [0.3, 0.4) is 0 Å². The molecule has 0 radical (unpaired) electrons. The van der Waals surface area contributed by atoms with Crippen molar-refractivity contribution >= 4 is 16.9 Å². The molecule has 0 saturated heterocycles. The van der Waals surface area contributed by atoms with Crippen molar-refractivity contribution in [2.24, 2.45) is 5.73 Å². The molecule has 0 aliphatic carbocycles. The maximum Gasteiger partial charge on any atom is 0.336 e. The number of pyridine rings is 1. The average molecular weight is 248 g/mol. The van der Waals surface area contributed by atoms with Gasteiger partial charge in [-0.05, 0) is 43.7 Å². The summed E-state index contributed by atoms with van der Waals surface area (Å²) in [5.74, 6) is -1.55. The van der Waals surface area contributed by atoms with E-state index in [-0.39, 0.29) is 5.56 Å².